The van der Waals surface area contributed by atoms with E-state index in [1.54, 1.807) is 78.8 Å². The number of cyclic esters (lactones) is 1. The van der Waals surface area contributed by atoms with Gasteiger partial charge in [0.05, 0.1) is 43.5 Å². The van der Waals surface area contributed by atoms with E-state index in [1.807, 2.05) is 43.5 Å². The maximum atomic E-state index is 13.3. The van der Waals surface area contributed by atoms with Crippen LogP contribution in [0.4, 0.5) is 0 Å². The van der Waals surface area contributed by atoms with Crippen LogP contribution in [0.15, 0.2) is 54.8 Å². The second-order valence-corrected chi connectivity index (χ2v) is 18.5. The summed E-state index contributed by atoms with van der Waals surface area (Å²) < 4.78 is 48.5. The molecule has 0 aliphatic carbocycles. The molecule has 5 rings (SSSR count). The van der Waals surface area contributed by atoms with Gasteiger partial charge in [-0.1, -0.05) is 63.3 Å². The highest BCUT2D eigenvalue weighted by Gasteiger charge is 2.53. The van der Waals surface area contributed by atoms with Crippen LogP contribution in [0.3, 0.4) is 0 Å². The molecule has 0 unspecified atom stereocenters. The van der Waals surface area contributed by atoms with Gasteiger partial charge in [0.15, 0.2) is 18.7 Å². The number of aromatic nitrogens is 1. The molecule has 3 aliphatic rings. The van der Waals surface area contributed by atoms with Crippen LogP contribution < -0.4 is 0 Å². The molecule has 18 heteroatoms. The van der Waals surface area contributed by atoms with Crippen LogP contribution in [0, 0.1) is 11.8 Å². The first-order chi connectivity index (χ1) is 32.3. The minimum absolute atomic E-state index is 0.000633. The number of hydrogen-bond acceptors (Lipinski definition) is 17. The van der Waals surface area contributed by atoms with E-state index in [1.165, 1.54) is 7.11 Å². The molecule has 0 spiro atoms. The van der Waals surface area contributed by atoms with Gasteiger partial charge in [0.1, 0.15) is 42.4 Å². The smallest absolute Gasteiger partial charge is 0.309 e. The number of ether oxygens (including phenoxy) is 8. The molecule has 4 heterocycles. The fourth-order valence-corrected chi connectivity index (χ4v) is 9.08. The highest BCUT2D eigenvalue weighted by Crippen LogP contribution is 2.38. The summed E-state index contributed by atoms with van der Waals surface area (Å²) in [5.74, 6) is -2.82. The SMILES string of the molecule is CCC(=O)O[C@@H]1CC(=O)O[C@H](C)C/C=C/C=C/[C@H](O)[C@H](C)C[C@H](CC=O)[C@H](O[C@@H]2O[C@H](C)[C@@H](O[C@H]3C[C@@](C)(O)[C@@H](OC(=O)CC)[C@H](C)O3)[C@H](N(C)C)[C@H]2O)[C@H]1OC.OCc1c[nH]c2ccccc12. The van der Waals surface area contributed by atoms with Crippen LogP contribution in [-0.2, 0) is 63.7 Å². The van der Waals surface area contributed by atoms with Crippen molar-refractivity contribution in [2.45, 2.75) is 185 Å². The molecule has 1 aromatic carbocycles. The lowest BCUT2D eigenvalue weighted by Crippen LogP contribution is -2.66. The Hall–Kier alpha value is -4.08. The van der Waals surface area contributed by atoms with Crippen LogP contribution in [0.1, 0.15) is 99.0 Å². The first kappa shape index (κ1) is 56.5. The summed E-state index contributed by atoms with van der Waals surface area (Å²) in [6.45, 7) is 11.9. The quantitative estimate of drug-likeness (QED) is 0.106. The maximum Gasteiger partial charge on any atom is 0.309 e. The van der Waals surface area contributed by atoms with Crippen molar-refractivity contribution in [1.29, 1.82) is 0 Å². The molecule has 0 amide bonds. The highest BCUT2D eigenvalue weighted by atomic mass is 16.7. The number of methoxy groups -OCH3 is 1. The number of hydrogen-bond donors (Lipinski definition) is 5. The fourth-order valence-electron chi connectivity index (χ4n) is 9.08. The van der Waals surface area contributed by atoms with Gasteiger partial charge in [0, 0.05) is 61.9 Å². The average Bonchev–Trinajstić information content (AvgIpc) is 3.71. The molecule has 0 radical (unpaired) electrons. The Morgan fingerprint density at radius 2 is 1.65 bits per heavy atom. The number of likely N-dealkylation sites (N-methyl/N-ethyl adjacent to an activating group) is 1. The van der Waals surface area contributed by atoms with E-state index in [4.69, 9.17) is 43.0 Å². The molecule has 2 aromatic rings. The number of nitrogens with one attached hydrogen (secondary N) is 1. The number of carbonyl (C=O) groups excluding carboxylic acids is 4. The Bertz CT molecular complexity index is 1950. The molecule has 0 saturated carbocycles. The summed E-state index contributed by atoms with van der Waals surface area (Å²) in [6.07, 6.45) is -2.24. The lowest BCUT2D eigenvalue weighted by Gasteiger charge is -2.50. The van der Waals surface area contributed by atoms with Crippen LogP contribution in [-0.4, -0.2) is 161 Å². The third-order valence-electron chi connectivity index (χ3n) is 12.7. The number of carbonyl (C=O) groups is 4. The summed E-state index contributed by atoms with van der Waals surface area (Å²) >= 11 is 0. The molecule has 16 atom stereocenters. The van der Waals surface area contributed by atoms with E-state index >= 15 is 0 Å². The molecule has 2 fully saturated rings. The molecular formula is C50H76N2O16. The van der Waals surface area contributed by atoms with Crippen molar-refractivity contribution in [3.05, 3.63) is 60.3 Å². The Balaban J connectivity index is 0.000000792. The van der Waals surface area contributed by atoms with E-state index in [2.05, 4.69) is 4.98 Å². The number of fused-ring (bicyclic) bond motifs is 1. The van der Waals surface area contributed by atoms with Gasteiger partial charge in [0.2, 0.25) is 0 Å². The molecule has 3 aliphatic heterocycles. The van der Waals surface area contributed by atoms with Crippen molar-refractivity contribution >= 4 is 35.1 Å². The lowest BCUT2D eigenvalue weighted by atomic mass is 9.82. The zero-order valence-corrected chi connectivity index (χ0v) is 41.2. The van der Waals surface area contributed by atoms with Gasteiger partial charge >= 0.3 is 17.9 Å². The topological polar surface area (TPSA) is 242 Å². The summed E-state index contributed by atoms with van der Waals surface area (Å²) in [7, 11) is 4.86. The van der Waals surface area contributed by atoms with Gasteiger partial charge in [-0.15, -0.1) is 0 Å². The predicted octanol–water partition coefficient (Wildman–Crippen LogP) is 4.43. The van der Waals surface area contributed by atoms with Crippen molar-refractivity contribution in [1.82, 2.24) is 9.88 Å². The molecule has 382 valence electrons. The number of allylic oxidation sites excluding steroid dienone is 2. The zero-order chi connectivity index (χ0) is 50.3. The fraction of sp³-hybridized carbons (Fsp3) is 0.680. The number of aliphatic hydroxyl groups is 4. The van der Waals surface area contributed by atoms with Gasteiger partial charge < -0.3 is 73.0 Å². The Morgan fingerprint density at radius 1 is 0.956 bits per heavy atom. The van der Waals surface area contributed by atoms with Gasteiger partial charge in [-0.3, -0.25) is 14.4 Å². The van der Waals surface area contributed by atoms with Crippen LogP contribution >= 0.6 is 0 Å². The van der Waals surface area contributed by atoms with Crippen molar-refractivity contribution in [3.63, 3.8) is 0 Å². The Labute approximate surface area is 400 Å². The third-order valence-corrected chi connectivity index (χ3v) is 12.7. The number of aromatic amines is 1. The van der Waals surface area contributed by atoms with E-state index in [-0.39, 0.29) is 38.7 Å². The predicted molar refractivity (Wildman–Crippen MR) is 250 cm³/mol. The molecular weight excluding hydrogens is 885 g/mol. The zero-order valence-electron chi connectivity index (χ0n) is 41.2. The molecule has 18 nitrogen and oxygen atoms in total. The van der Waals surface area contributed by atoms with Gasteiger partial charge in [0.25, 0.3) is 0 Å². The highest BCUT2D eigenvalue weighted by molar-refractivity contribution is 5.82. The van der Waals surface area contributed by atoms with Crippen LogP contribution in [0.25, 0.3) is 10.9 Å². The number of para-hydroxylation sites is 1. The Kier molecular flexibility index (Phi) is 22.2. The molecule has 1 aromatic heterocycles. The van der Waals surface area contributed by atoms with Crippen LogP contribution in [0.2, 0.25) is 0 Å². The molecule has 0 bridgehead atoms. The van der Waals surface area contributed by atoms with E-state index in [9.17, 15) is 34.5 Å². The molecule has 2 saturated heterocycles. The minimum Gasteiger partial charge on any atom is -0.462 e. The van der Waals surface area contributed by atoms with E-state index < -0.39 is 121 Å². The number of aldehydes is 1. The minimum atomic E-state index is -1.49. The first-order valence-electron chi connectivity index (χ1n) is 23.7. The monoisotopic (exact) mass is 961 g/mol. The maximum absolute atomic E-state index is 13.3. The lowest BCUT2D eigenvalue weighted by molar-refractivity contribution is -0.344. The van der Waals surface area contributed by atoms with E-state index in [0.717, 1.165) is 16.5 Å². The first-order valence-corrected chi connectivity index (χ1v) is 23.7. The van der Waals surface area contributed by atoms with Crippen molar-refractivity contribution in [2.24, 2.45) is 11.8 Å². The van der Waals surface area contributed by atoms with Crippen molar-refractivity contribution < 1.29 is 77.5 Å². The van der Waals surface area contributed by atoms with Gasteiger partial charge in [-0.05, 0) is 66.1 Å². The standard InChI is InChI=1S/C41H67NO15.C9H9NO/c1-11-30(45)54-29-21-32(47)51-24(4)16-14-13-15-17-28(44)23(3)20-27(18-19-43)37(38(29)50-10)57-40-35(48)34(42(8)9)36(25(5)53-40)56-33-22-41(7,49)39(26(6)52-33)55-31(46)12-2;11-6-7-5-10-9-4-2-1-3-8(7)9/h13-15,17,19,23-29,33-40,44,48-49H,11-12,16,18,20-22H2,1-10H3;1-5,10-11H,6H2/b14-13+,17-15+;/t23-,24-,25-,26+,27+,28+,29-,33+,34-,35-,36-,37+,38+,39+,40+,41-;/m1./s1. The van der Waals surface area contributed by atoms with Crippen molar-refractivity contribution in [2.75, 3.05) is 21.2 Å². The van der Waals surface area contributed by atoms with Gasteiger partial charge in [-0.2, -0.15) is 0 Å². The number of nitrogens with zero attached hydrogens (tertiary/aromatic N) is 1. The Morgan fingerprint density at radius 3 is 2.28 bits per heavy atom. The average molecular weight is 961 g/mol. The number of esters is 3. The second kappa shape index (κ2) is 26.8. The number of benzene rings is 1. The number of aliphatic hydroxyl groups excluding tert-OH is 3. The summed E-state index contributed by atoms with van der Waals surface area (Å²) in [6, 6.07) is 7.15. The molecule has 5 N–H and O–H groups in total. The summed E-state index contributed by atoms with van der Waals surface area (Å²) in [5, 5.41) is 44.5. The summed E-state index contributed by atoms with van der Waals surface area (Å²) in [4.78, 5) is 55.3. The molecule has 68 heavy (non-hydrogen) atoms. The number of rotatable bonds is 13. The van der Waals surface area contributed by atoms with Crippen molar-refractivity contribution in [3.8, 4) is 0 Å². The normalized spacial score (nSPS) is 36.2. The number of H-pyrrole nitrogens is 1. The second-order valence-electron chi connectivity index (χ2n) is 18.5. The largest absolute Gasteiger partial charge is 0.462 e. The van der Waals surface area contributed by atoms with Gasteiger partial charge in [-0.25, -0.2) is 0 Å². The van der Waals surface area contributed by atoms with E-state index in [0.29, 0.717) is 12.7 Å². The third kappa shape index (κ3) is 15.5. The van der Waals surface area contributed by atoms with Crippen LogP contribution in [0.5, 0.6) is 0 Å². The summed E-state index contributed by atoms with van der Waals surface area (Å²) in [5.41, 5.74) is 0.549.